The summed E-state index contributed by atoms with van der Waals surface area (Å²) in [7, 11) is 1.73. The number of para-hydroxylation sites is 2. The van der Waals surface area contributed by atoms with Gasteiger partial charge in [-0.05, 0) is 86.5 Å². The smallest absolute Gasteiger partial charge is 0.239 e. The van der Waals surface area contributed by atoms with Crippen LogP contribution in [0.3, 0.4) is 0 Å². The lowest BCUT2D eigenvalue weighted by atomic mass is 9.53. The third-order valence-electron chi connectivity index (χ3n) is 11.4. The maximum absolute atomic E-state index is 10.7. The highest BCUT2D eigenvalue weighted by molar-refractivity contribution is 5.58. The van der Waals surface area contributed by atoms with E-state index in [1.54, 1.807) is 7.11 Å². The molecule has 2 aromatic rings. The molecule has 42 heavy (non-hydrogen) atoms. The average molecular weight is 577 g/mol. The molecular weight excluding hydrogens is 532 g/mol. The van der Waals surface area contributed by atoms with Crippen LogP contribution in [-0.2, 0) is 26.1 Å². The number of aromatic hydroxyl groups is 1. The van der Waals surface area contributed by atoms with Gasteiger partial charge in [-0.2, -0.15) is 19.6 Å². The first-order valence-corrected chi connectivity index (χ1v) is 16.2. The van der Waals surface area contributed by atoms with Crippen LogP contribution in [0, 0.1) is 23.7 Å². The first-order chi connectivity index (χ1) is 20.5. The number of hydrogen-bond acceptors (Lipinski definition) is 8. The molecule has 0 atom stereocenters. The number of benzene rings is 2. The predicted molar refractivity (Wildman–Crippen MR) is 157 cm³/mol. The Kier molecular flexibility index (Phi) is 6.91. The molecule has 5 saturated carbocycles. The number of ether oxygens (including phenoxy) is 1. The Morgan fingerprint density at radius 1 is 0.833 bits per heavy atom. The molecule has 7 aliphatic rings. The lowest BCUT2D eigenvalue weighted by Crippen LogP contribution is -2.64. The van der Waals surface area contributed by atoms with Gasteiger partial charge in [-0.1, -0.05) is 24.3 Å². The number of rotatable bonds is 5. The Balaban J connectivity index is 0.870. The summed E-state index contributed by atoms with van der Waals surface area (Å²) in [6.45, 7) is 4.48. The molecule has 226 valence electrons. The molecule has 2 saturated heterocycles. The lowest BCUT2D eigenvalue weighted by molar-refractivity contribution is -0.680. The Morgan fingerprint density at radius 2 is 1.50 bits per heavy atom. The van der Waals surface area contributed by atoms with E-state index in [0.29, 0.717) is 23.5 Å². The molecule has 8 nitrogen and oxygen atoms in total. The summed E-state index contributed by atoms with van der Waals surface area (Å²) in [5, 5.41) is 10.7. The molecular formula is C34H44N2O6. The summed E-state index contributed by atoms with van der Waals surface area (Å²) in [5.74, 6) is 2.62. The van der Waals surface area contributed by atoms with E-state index in [-0.39, 0.29) is 0 Å². The summed E-state index contributed by atoms with van der Waals surface area (Å²) < 4.78 is 5.57. The molecule has 0 aromatic heterocycles. The summed E-state index contributed by atoms with van der Waals surface area (Å²) >= 11 is 0. The maximum atomic E-state index is 10.7. The van der Waals surface area contributed by atoms with Crippen LogP contribution in [-0.4, -0.2) is 54.9 Å². The highest BCUT2D eigenvalue weighted by atomic mass is 17.4. The Bertz CT molecular complexity index is 1240. The molecule has 4 bridgehead atoms. The average Bonchev–Trinajstić information content (AvgIpc) is 3.02. The molecule has 0 radical (unpaired) electrons. The third kappa shape index (κ3) is 4.70. The Morgan fingerprint density at radius 3 is 2.17 bits per heavy atom. The molecule has 2 aliphatic heterocycles. The number of methoxy groups -OCH3 is 1. The molecule has 7 fully saturated rings. The van der Waals surface area contributed by atoms with Crippen molar-refractivity contribution in [1.82, 2.24) is 4.90 Å². The monoisotopic (exact) mass is 576 g/mol. The van der Waals surface area contributed by atoms with Gasteiger partial charge in [0.25, 0.3) is 0 Å². The zero-order chi connectivity index (χ0) is 28.3. The van der Waals surface area contributed by atoms with Crippen molar-refractivity contribution in [3.05, 3.63) is 53.6 Å². The molecule has 9 rings (SSSR count). The van der Waals surface area contributed by atoms with Crippen molar-refractivity contribution in [3.63, 3.8) is 0 Å². The van der Waals surface area contributed by atoms with Crippen LogP contribution < -0.4 is 9.64 Å². The molecule has 0 unspecified atom stereocenters. The summed E-state index contributed by atoms with van der Waals surface area (Å²) in [6, 6.07) is 14.4. The minimum atomic E-state index is -0.808. The van der Waals surface area contributed by atoms with E-state index < -0.39 is 11.6 Å². The van der Waals surface area contributed by atoms with Gasteiger partial charge in [-0.25, -0.2) is 0 Å². The first-order valence-electron chi connectivity index (χ1n) is 16.2. The summed E-state index contributed by atoms with van der Waals surface area (Å²) in [4.78, 5) is 29.6. The van der Waals surface area contributed by atoms with Gasteiger partial charge in [0.15, 0.2) is 0 Å². The molecule has 5 aliphatic carbocycles. The number of phenols is 1. The van der Waals surface area contributed by atoms with Crippen LogP contribution in [0.2, 0.25) is 0 Å². The standard InChI is InChI=1S/C34H44N2O6/c1-38-32-5-3-2-4-30(32)36-14-12-35(13-15-36)22-27-21-26(6-7-31(27)37)25-8-10-33(11-9-25)39-41-34(42-40-33)28-17-23-16-24(19-28)20-29(34)18-23/h2-7,21,23-25,28-29,37H,8-20,22H2,1H3. The second-order valence-electron chi connectivity index (χ2n) is 13.9. The number of hydrogen-bond donors (Lipinski definition) is 1. The lowest BCUT2D eigenvalue weighted by Gasteiger charge is -2.60. The van der Waals surface area contributed by atoms with Crippen LogP contribution in [0.1, 0.15) is 74.8 Å². The Hall–Kier alpha value is -2.36. The van der Waals surface area contributed by atoms with E-state index in [1.165, 1.54) is 37.7 Å². The number of anilines is 1. The minimum Gasteiger partial charge on any atom is -0.508 e. The fourth-order valence-corrected chi connectivity index (χ4v) is 9.25. The highest BCUT2D eigenvalue weighted by Gasteiger charge is 2.64. The van der Waals surface area contributed by atoms with Gasteiger partial charge in [0.05, 0.1) is 12.8 Å². The number of phenolic OH excluding ortho intramolecular Hbond substituents is 1. The SMILES string of the molecule is COc1ccccc1N1CCN(Cc2cc(C3CCC4(CC3)OOC3(OO4)C4CC5CC(C4)CC3C5)ccc2O)CC1. The van der Waals surface area contributed by atoms with Gasteiger partial charge in [-0.3, -0.25) is 4.90 Å². The van der Waals surface area contributed by atoms with Crippen LogP contribution in [0.15, 0.2) is 42.5 Å². The predicted octanol–water partition coefficient (Wildman–Crippen LogP) is 6.14. The van der Waals surface area contributed by atoms with Gasteiger partial charge < -0.3 is 14.7 Å². The molecule has 2 aromatic carbocycles. The highest BCUT2D eigenvalue weighted by Crippen LogP contribution is 2.62. The van der Waals surface area contributed by atoms with E-state index in [9.17, 15) is 5.11 Å². The maximum Gasteiger partial charge on any atom is 0.239 e. The van der Waals surface area contributed by atoms with Crippen molar-refractivity contribution in [1.29, 1.82) is 0 Å². The van der Waals surface area contributed by atoms with E-state index >= 15 is 0 Å². The van der Waals surface area contributed by atoms with Crippen molar-refractivity contribution in [3.8, 4) is 11.5 Å². The van der Waals surface area contributed by atoms with Crippen molar-refractivity contribution < 1.29 is 29.4 Å². The van der Waals surface area contributed by atoms with Crippen LogP contribution in [0.4, 0.5) is 5.69 Å². The minimum absolute atomic E-state index is 0.375. The second kappa shape index (κ2) is 10.7. The second-order valence-corrected chi connectivity index (χ2v) is 13.9. The number of nitrogens with zero attached hydrogens (tertiary/aromatic N) is 2. The fraction of sp³-hybridized carbons (Fsp3) is 0.647. The largest absolute Gasteiger partial charge is 0.508 e. The zero-order valence-corrected chi connectivity index (χ0v) is 24.7. The van der Waals surface area contributed by atoms with Gasteiger partial charge in [0, 0.05) is 63.0 Å². The van der Waals surface area contributed by atoms with Gasteiger partial charge in [0.2, 0.25) is 11.6 Å². The zero-order valence-electron chi connectivity index (χ0n) is 24.7. The number of piperazine rings is 1. The van der Waals surface area contributed by atoms with Crippen LogP contribution >= 0.6 is 0 Å². The van der Waals surface area contributed by atoms with Crippen molar-refractivity contribution >= 4 is 5.69 Å². The molecule has 2 spiro atoms. The van der Waals surface area contributed by atoms with Gasteiger partial charge in [0.1, 0.15) is 11.5 Å². The van der Waals surface area contributed by atoms with Crippen molar-refractivity contribution in [2.24, 2.45) is 23.7 Å². The van der Waals surface area contributed by atoms with E-state index in [4.69, 9.17) is 24.3 Å². The van der Waals surface area contributed by atoms with E-state index in [2.05, 4.69) is 34.1 Å². The van der Waals surface area contributed by atoms with Crippen molar-refractivity contribution in [2.75, 3.05) is 38.2 Å². The third-order valence-corrected chi connectivity index (χ3v) is 11.4. The molecule has 0 amide bonds. The van der Waals surface area contributed by atoms with Crippen LogP contribution in [0.5, 0.6) is 11.5 Å². The van der Waals surface area contributed by atoms with Gasteiger partial charge in [-0.15, -0.1) is 0 Å². The normalized spacial score (nSPS) is 37.9. The van der Waals surface area contributed by atoms with Gasteiger partial charge >= 0.3 is 0 Å². The van der Waals surface area contributed by atoms with E-state index in [0.717, 1.165) is 87.2 Å². The quantitative estimate of drug-likeness (QED) is 0.426. The van der Waals surface area contributed by atoms with Crippen LogP contribution in [0.25, 0.3) is 0 Å². The summed E-state index contributed by atoms with van der Waals surface area (Å²) in [6.07, 6.45) is 9.41. The molecule has 1 N–H and O–H groups in total. The fourth-order valence-electron chi connectivity index (χ4n) is 9.25. The Labute approximate surface area is 248 Å². The summed E-state index contributed by atoms with van der Waals surface area (Å²) in [5.41, 5.74) is 3.43. The molecule has 2 heterocycles. The first kappa shape index (κ1) is 27.2. The van der Waals surface area contributed by atoms with Crippen molar-refractivity contribution in [2.45, 2.75) is 81.8 Å². The topological polar surface area (TPSA) is 72.9 Å². The van der Waals surface area contributed by atoms with E-state index in [1.807, 2.05) is 18.2 Å². The molecule has 8 heteroatoms.